The van der Waals surface area contributed by atoms with Gasteiger partial charge in [-0.15, -0.1) is 12.6 Å². The van der Waals surface area contributed by atoms with Gasteiger partial charge < -0.3 is 18.0 Å². The van der Waals surface area contributed by atoms with Gasteiger partial charge in [-0.2, -0.15) is 14.0 Å². The molecule has 7 nitrogen and oxygen atoms in total. The Morgan fingerprint density at radius 3 is 1.36 bits per heavy atom. The van der Waals surface area contributed by atoms with Crippen LogP contribution in [0, 0.1) is 10.2 Å². The molecule has 0 spiro atoms. The molecule has 0 saturated heterocycles. The van der Waals surface area contributed by atoms with Crippen LogP contribution in [-0.2, 0) is 0 Å². The molecule has 0 aliphatic rings. The first kappa shape index (κ1) is 22.5. The molecule has 72 valence electrons. The summed E-state index contributed by atoms with van der Waals surface area (Å²) >= 11 is 7.65. The summed E-state index contributed by atoms with van der Waals surface area (Å²) in [7, 11) is -4.69. The Hall–Kier alpha value is 0.290. The molecule has 0 aromatic carbocycles. The zero-order valence-electron chi connectivity index (χ0n) is 5.40. The van der Waals surface area contributed by atoms with Gasteiger partial charge in [0.15, 0.2) is 0 Å². The fourth-order valence-electron chi connectivity index (χ4n) is 0. The predicted molar refractivity (Wildman–Crippen MR) is 38.0 cm³/mol. The molecule has 10 heteroatoms. The first-order chi connectivity index (χ1) is 3.73. The number of hydrogen-bond donors (Lipinski definition) is 5. The Morgan fingerprint density at radius 1 is 1.36 bits per heavy atom. The van der Waals surface area contributed by atoms with Crippen molar-refractivity contribution in [3.05, 3.63) is 0 Å². The standard InChI is InChI=1S/CH3NS2.ClHO4.2H3N/c2-1(3)4;2-1(3,4)5;;/h(H3,2,3,4);(H,2,3,4,5);2*1H3. The third-order valence-electron chi connectivity index (χ3n) is 0. The van der Waals surface area contributed by atoms with Crippen molar-refractivity contribution in [3.63, 3.8) is 0 Å². The lowest BCUT2D eigenvalue weighted by molar-refractivity contribution is -1.92. The third-order valence-corrected chi connectivity index (χ3v) is 0. The Morgan fingerprint density at radius 2 is 1.36 bits per heavy atom. The van der Waals surface area contributed by atoms with E-state index in [1.54, 1.807) is 0 Å². The molecule has 0 radical (unpaired) electrons. The van der Waals surface area contributed by atoms with Crippen molar-refractivity contribution < 1.29 is 28.9 Å². The van der Waals surface area contributed by atoms with Gasteiger partial charge in [0.05, 0.1) is 14.9 Å². The Labute approximate surface area is 76.5 Å². The SMILES string of the molecule is N.N.NC(=S)S.[O-][Cl+3]([O-])([O-])O. The lowest BCUT2D eigenvalue weighted by atomic mass is 11.5. The quantitative estimate of drug-likeness (QED) is 0.207. The molecule has 9 N–H and O–H groups in total. The fourth-order valence-corrected chi connectivity index (χ4v) is 0. The molecular formula is CH10ClN3O4S2. The maximum Gasteiger partial charge on any atom is 0.128 e. The number of hydrogen-bond acceptors (Lipinski definition) is 7. The summed E-state index contributed by atoms with van der Waals surface area (Å²) in [5, 5.41) is 0. The van der Waals surface area contributed by atoms with Gasteiger partial charge in [-0.05, 0) is 0 Å². The van der Waals surface area contributed by atoms with Gasteiger partial charge in [0, 0.05) is 0 Å². The molecular weight excluding hydrogens is 218 g/mol. The van der Waals surface area contributed by atoms with E-state index in [-0.39, 0.29) is 16.6 Å². The van der Waals surface area contributed by atoms with Crippen LogP contribution in [0.4, 0.5) is 0 Å². The van der Waals surface area contributed by atoms with Crippen molar-refractivity contribution in [2.75, 3.05) is 0 Å². The zero-order valence-corrected chi connectivity index (χ0v) is 7.86. The summed E-state index contributed by atoms with van der Waals surface area (Å²) in [5.74, 6) is 0. The van der Waals surface area contributed by atoms with Crippen LogP contribution in [0.15, 0.2) is 0 Å². The number of thiocarbonyl (C=S) groups is 1. The molecule has 0 atom stereocenters. The van der Waals surface area contributed by atoms with Gasteiger partial charge in [0.2, 0.25) is 0 Å². The molecule has 0 fully saturated rings. The maximum atomic E-state index is 8.60. The highest BCUT2D eigenvalue weighted by Gasteiger charge is 1.98. The van der Waals surface area contributed by atoms with Crippen molar-refractivity contribution in [2.24, 2.45) is 5.73 Å². The van der Waals surface area contributed by atoms with E-state index in [1.807, 2.05) is 0 Å². The second-order valence-corrected chi connectivity index (χ2v) is 2.75. The van der Waals surface area contributed by atoms with Crippen molar-refractivity contribution in [2.45, 2.75) is 0 Å². The van der Waals surface area contributed by atoms with Crippen LogP contribution < -0.4 is 32.0 Å². The summed E-state index contributed by atoms with van der Waals surface area (Å²) in [4.78, 5) is 0. The van der Waals surface area contributed by atoms with Crippen molar-refractivity contribution >= 4 is 29.2 Å². The first-order valence-electron chi connectivity index (χ1n) is 1.35. The highest BCUT2D eigenvalue weighted by molar-refractivity contribution is 8.10. The summed E-state index contributed by atoms with van der Waals surface area (Å²) in [5.41, 5.74) is 4.71. The fraction of sp³-hybridized carbons (Fsp3) is 0. The highest BCUT2D eigenvalue weighted by Crippen LogP contribution is 1.63. The van der Waals surface area contributed by atoms with Gasteiger partial charge in [0.1, 0.15) is 4.32 Å². The van der Waals surface area contributed by atoms with E-state index in [1.165, 1.54) is 0 Å². The largest absolute Gasteiger partial charge is 0.385 e. The van der Waals surface area contributed by atoms with Crippen LogP contribution in [-0.4, -0.2) is 8.98 Å². The summed E-state index contributed by atoms with van der Waals surface area (Å²) in [6, 6.07) is 0. The van der Waals surface area contributed by atoms with Gasteiger partial charge >= 0.3 is 0 Å². The molecule has 0 bridgehead atoms. The van der Waals surface area contributed by atoms with E-state index >= 15 is 0 Å². The number of nitrogens with two attached hydrogens (primary N) is 1. The van der Waals surface area contributed by atoms with Crippen molar-refractivity contribution in [3.8, 4) is 0 Å². The smallest absolute Gasteiger partial charge is 0.128 e. The van der Waals surface area contributed by atoms with E-state index in [2.05, 4.69) is 24.8 Å². The van der Waals surface area contributed by atoms with Crippen LogP contribution >= 0.6 is 24.8 Å². The molecule has 0 aromatic heterocycles. The van der Waals surface area contributed by atoms with Crippen molar-refractivity contribution in [1.82, 2.24) is 12.3 Å². The van der Waals surface area contributed by atoms with Crippen LogP contribution in [0.3, 0.4) is 0 Å². The lowest BCUT2D eigenvalue weighted by Gasteiger charge is -2.03. The number of thiol groups is 1. The van der Waals surface area contributed by atoms with Gasteiger partial charge in [0.25, 0.3) is 0 Å². The molecule has 0 rings (SSSR count). The van der Waals surface area contributed by atoms with Crippen LogP contribution in [0.5, 0.6) is 0 Å². The molecule has 0 aromatic rings. The first-order valence-corrected chi connectivity index (χ1v) is 3.47. The maximum absolute atomic E-state index is 8.60. The van der Waals surface area contributed by atoms with Gasteiger partial charge in [-0.3, -0.25) is 0 Å². The van der Waals surface area contributed by atoms with E-state index in [9.17, 15) is 0 Å². The predicted octanol–water partition coefficient (Wildman–Crippen LogP) is -3.64. The summed E-state index contributed by atoms with van der Waals surface area (Å²) in [6.07, 6.45) is 0. The average Bonchev–Trinajstić information content (AvgIpc) is 1.19. The minimum atomic E-state index is -4.69. The topological polar surface area (TPSA) is 185 Å². The summed E-state index contributed by atoms with van der Waals surface area (Å²) < 4.78 is 32.9. The Bertz CT molecular complexity index is 85.8. The monoisotopic (exact) mass is 227 g/mol. The van der Waals surface area contributed by atoms with E-state index in [4.69, 9.17) is 24.4 Å². The Kier molecular flexibility index (Phi) is 21.0. The minimum Gasteiger partial charge on any atom is -0.385 e. The average molecular weight is 228 g/mol. The van der Waals surface area contributed by atoms with Gasteiger partial charge in [-0.1, -0.05) is 12.2 Å². The molecule has 0 amide bonds. The van der Waals surface area contributed by atoms with E-state index in [0.717, 1.165) is 0 Å². The van der Waals surface area contributed by atoms with Crippen LogP contribution in [0.1, 0.15) is 0 Å². The lowest BCUT2D eigenvalue weighted by Crippen LogP contribution is -2.58. The molecule has 0 unspecified atom stereocenters. The summed E-state index contributed by atoms with van der Waals surface area (Å²) in [6.45, 7) is 0. The normalized spacial score (nSPS) is 7.73. The van der Waals surface area contributed by atoms with Crippen molar-refractivity contribution in [1.29, 1.82) is 0 Å². The van der Waals surface area contributed by atoms with E-state index in [0.29, 0.717) is 0 Å². The van der Waals surface area contributed by atoms with E-state index < -0.39 is 10.2 Å². The van der Waals surface area contributed by atoms with Crippen LogP contribution in [0.25, 0.3) is 0 Å². The number of rotatable bonds is 0. The second kappa shape index (κ2) is 10.3. The number of halogens is 1. The molecule has 0 heterocycles. The third kappa shape index (κ3) is 8410. The minimum absolute atomic E-state index is 0. The van der Waals surface area contributed by atoms with Gasteiger partial charge in [-0.25, -0.2) is 0 Å². The zero-order chi connectivity index (χ0) is 8.08. The molecule has 11 heavy (non-hydrogen) atoms. The molecule has 0 aliphatic carbocycles. The second-order valence-electron chi connectivity index (χ2n) is 0.734. The van der Waals surface area contributed by atoms with Crippen LogP contribution in [0.2, 0.25) is 0 Å². The Balaban J connectivity index is -0.0000000383. The molecule has 0 aliphatic heterocycles. The highest BCUT2D eigenvalue weighted by atomic mass is 35.7. The molecule has 0 saturated carbocycles.